The molecule has 0 fully saturated rings. The summed E-state index contributed by atoms with van der Waals surface area (Å²) in [5.41, 5.74) is 5.28. The van der Waals surface area contributed by atoms with Gasteiger partial charge in [0.25, 0.3) is 0 Å². The van der Waals surface area contributed by atoms with Crippen LogP contribution in [0.5, 0.6) is 0 Å². The van der Waals surface area contributed by atoms with E-state index in [9.17, 15) is 13.2 Å². The number of hydrogen-bond donors (Lipinski definition) is 3. The summed E-state index contributed by atoms with van der Waals surface area (Å²) >= 11 is 0. The summed E-state index contributed by atoms with van der Waals surface area (Å²) in [7, 11) is -3.75. The highest BCUT2D eigenvalue weighted by Gasteiger charge is 2.14. The van der Waals surface area contributed by atoms with Crippen molar-refractivity contribution in [3.8, 4) is 11.8 Å². The van der Waals surface area contributed by atoms with Crippen LogP contribution in [-0.4, -0.2) is 37.6 Å². The lowest BCUT2D eigenvalue weighted by molar-refractivity contribution is -0.117. The number of aromatic nitrogens is 1. The van der Waals surface area contributed by atoms with Gasteiger partial charge in [0.1, 0.15) is 11.5 Å². The van der Waals surface area contributed by atoms with Crippen LogP contribution in [0.3, 0.4) is 0 Å². The lowest BCUT2D eigenvalue weighted by Crippen LogP contribution is -2.28. The molecule has 0 saturated carbocycles. The first kappa shape index (κ1) is 15.1. The number of nitrogens with two attached hydrogens (primary N) is 1. The first-order valence-corrected chi connectivity index (χ1v) is 6.77. The zero-order valence-electron chi connectivity index (χ0n) is 9.96. The molecule has 0 atom stereocenters. The largest absolute Gasteiger partial charge is 0.384 e. The summed E-state index contributed by atoms with van der Waals surface area (Å²) in [6, 6.07) is 1.32. The van der Waals surface area contributed by atoms with Gasteiger partial charge in [-0.05, 0) is 6.07 Å². The van der Waals surface area contributed by atoms with E-state index in [1.807, 2.05) is 0 Å². The summed E-state index contributed by atoms with van der Waals surface area (Å²) < 4.78 is 25.9. The van der Waals surface area contributed by atoms with Gasteiger partial charge in [0.2, 0.25) is 15.9 Å². The van der Waals surface area contributed by atoms with Gasteiger partial charge in [0.05, 0.1) is 0 Å². The fourth-order valence-electron chi connectivity index (χ4n) is 1.17. The molecule has 19 heavy (non-hydrogen) atoms. The number of rotatable bonds is 5. The molecule has 0 aromatic carbocycles. The fraction of sp³-hybridized carbons (Fsp3) is 0.273. The molecule has 0 aliphatic carbocycles. The number of pyridine rings is 1. The molecule has 0 radical (unpaired) electrons. The molecule has 0 unspecified atom stereocenters. The number of carbonyl (C=O) groups excluding carboxylic acids is 1. The summed E-state index contributed by atoms with van der Waals surface area (Å²) in [5.74, 6) is 4.35. The van der Waals surface area contributed by atoms with Crippen LogP contribution < -0.4 is 10.5 Å². The monoisotopic (exact) mass is 283 g/mol. The highest BCUT2D eigenvalue weighted by molar-refractivity contribution is 7.89. The van der Waals surface area contributed by atoms with E-state index in [4.69, 9.17) is 10.8 Å². The van der Waals surface area contributed by atoms with Gasteiger partial charge in [0, 0.05) is 30.9 Å². The van der Waals surface area contributed by atoms with Gasteiger partial charge in [-0.15, -0.1) is 0 Å². The third kappa shape index (κ3) is 5.05. The number of hydrogen-bond acceptors (Lipinski definition) is 5. The minimum atomic E-state index is -3.75. The molecule has 0 aliphatic heterocycles. The van der Waals surface area contributed by atoms with Crippen molar-refractivity contribution >= 4 is 15.9 Å². The Morgan fingerprint density at radius 3 is 2.84 bits per heavy atom. The molecular weight excluding hydrogens is 270 g/mol. The second-order valence-corrected chi connectivity index (χ2v) is 5.25. The average Bonchev–Trinajstić information content (AvgIpc) is 2.36. The Morgan fingerprint density at radius 2 is 2.21 bits per heavy atom. The van der Waals surface area contributed by atoms with Crippen LogP contribution in [0, 0.1) is 11.8 Å². The van der Waals surface area contributed by atoms with Crippen molar-refractivity contribution in [1.82, 2.24) is 9.71 Å². The molecule has 8 heteroatoms. The van der Waals surface area contributed by atoms with Crippen LogP contribution in [0.25, 0.3) is 0 Å². The molecule has 1 amide bonds. The van der Waals surface area contributed by atoms with E-state index in [1.54, 1.807) is 0 Å². The number of primary amides is 1. The number of carbonyl (C=O) groups is 1. The zero-order chi connectivity index (χ0) is 14.3. The number of nitrogens with one attached hydrogen (secondary N) is 1. The molecule has 7 nitrogen and oxygen atoms in total. The molecule has 102 valence electrons. The number of aliphatic hydroxyl groups excluding tert-OH is 1. The molecule has 0 saturated heterocycles. The second-order valence-electron chi connectivity index (χ2n) is 3.48. The second kappa shape index (κ2) is 6.84. The van der Waals surface area contributed by atoms with E-state index in [-0.39, 0.29) is 24.5 Å². The maximum atomic E-state index is 11.8. The van der Waals surface area contributed by atoms with Gasteiger partial charge >= 0.3 is 0 Å². The van der Waals surface area contributed by atoms with Crippen molar-refractivity contribution in [1.29, 1.82) is 0 Å². The molecule has 1 aromatic heterocycles. The lowest BCUT2D eigenvalue weighted by atomic mass is 10.3. The minimum absolute atomic E-state index is 0.0679. The van der Waals surface area contributed by atoms with E-state index in [0.29, 0.717) is 5.56 Å². The average molecular weight is 283 g/mol. The van der Waals surface area contributed by atoms with Gasteiger partial charge in [0.15, 0.2) is 0 Å². The molecule has 1 aromatic rings. The van der Waals surface area contributed by atoms with E-state index in [0.717, 1.165) is 6.20 Å². The van der Waals surface area contributed by atoms with Gasteiger partial charge in [-0.1, -0.05) is 11.8 Å². The standard InChI is InChI=1S/C11H13N3O4S/c12-11(16)3-4-14-19(17,18)10-6-9(2-1-5-15)7-13-8-10/h6-8,14-15H,3-5H2,(H2,12,16). The van der Waals surface area contributed by atoms with E-state index >= 15 is 0 Å². The fourth-order valence-corrected chi connectivity index (χ4v) is 2.19. The van der Waals surface area contributed by atoms with Crippen molar-refractivity contribution < 1.29 is 18.3 Å². The highest BCUT2D eigenvalue weighted by atomic mass is 32.2. The van der Waals surface area contributed by atoms with Crippen molar-refractivity contribution in [3.05, 3.63) is 24.0 Å². The first-order valence-electron chi connectivity index (χ1n) is 5.28. The molecule has 0 bridgehead atoms. The summed E-state index contributed by atoms with van der Waals surface area (Å²) in [6.07, 6.45) is 2.46. The zero-order valence-corrected chi connectivity index (χ0v) is 10.8. The van der Waals surface area contributed by atoms with Crippen LogP contribution in [0.15, 0.2) is 23.4 Å². The summed E-state index contributed by atoms with van der Waals surface area (Å²) in [4.78, 5) is 14.2. The van der Waals surface area contributed by atoms with Crippen LogP contribution in [0.2, 0.25) is 0 Å². The maximum Gasteiger partial charge on any atom is 0.242 e. The summed E-state index contributed by atoms with van der Waals surface area (Å²) in [5, 5.41) is 8.56. The van der Waals surface area contributed by atoms with E-state index < -0.39 is 15.9 Å². The van der Waals surface area contributed by atoms with Crippen molar-refractivity contribution in [2.45, 2.75) is 11.3 Å². The smallest absolute Gasteiger partial charge is 0.242 e. The molecule has 0 aliphatic rings. The number of amides is 1. The normalized spacial score (nSPS) is 10.6. The number of nitrogens with zero attached hydrogens (tertiary/aromatic N) is 1. The van der Waals surface area contributed by atoms with Gasteiger partial charge in [-0.3, -0.25) is 9.78 Å². The number of sulfonamides is 1. The lowest BCUT2D eigenvalue weighted by Gasteiger charge is -2.05. The quantitative estimate of drug-likeness (QED) is 0.572. The Hall–Kier alpha value is -1.95. The van der Waals surface area contributed by atoms with Crippen LogP contribution in [0.4, 0.5) is 0 Å². The molecule has 0 spiro atoms. The van der Waals surface area contributed by atoms with Gasteiger partial charge in [-0.2, -0.15) is 0 Å². The highest BCUT2D eigenvalue weighted by Crippen LogP contribution is 2.08. The molecule has 1 heterocycles. The van der Waals surface area contributed by atoms with Gasteiger partial charge < -0.3 is 10.8 Å². The predicted octanol–water partition coefficient (Wildman–Crippen LogP) is -1.42. The van der Waals surface area contributed by atoms with E-state index in [2.05, 4.69) is 21.5 Å². The first-order chi connectivity index (χ1) is 8.95. The summed E-state index contributed by atoms with van der Waals surface area (Å²) in [6.45, 7) is -0.405. The predicted molar refractivity (Wildman–Crippen MR) is 67.2 cm³/mol. The topological polar surface area (TPSA) is 122 Å². The SMILES string of the molecule is NC(=O)CCNS(=O)(=O)c1cncc(C#CCO)c1. The Bertz CT molecular complexity index is 616. The third-order valence-electron chi connectivity index (χ3n) is 2.00. The molecule has 4 N–H and O–H groups in total. The van der Waals surface area contributed by atoms with Crippen LogP contribution in [0.1, 0.15) is 12.0 Å². The minimum Gasteiger partial charge on any atom is -0.384 e. The maximum absolute atomic E-state index is 11.8. The Morgan fingerprint density at radius 1 is 1.47 bits per heavy atom. The Labute approximate surface area is 110 Å². The Kier molecular flexibility index (Phi) is 5.44. The number of aliphatic hydroxyl groups is 1. The molecule has 1 rings (SSSR count). The molecular formula is C11H13N3O4S. The van der Waals surface area contributed by atoms with Crippen molar-refractivity contribution in [3.63, 3.8) is 0 Å². The van der Waals surface area contributed by atoms with Gasteiger partial charge in [-0.25, -0.2) is 13.1 Å². The van der Waals surface area contributed by atoms with E-state index in [1.165, 1.54) is 12.3 Å². The van der Waals surface area contributed by atoms with Crippen LogP contribution >= 0.6 is 0 Å². The van der Waals surface area contributed by atoms with Crippen LogP contribution in [-0.2, 0) is 14.8 Å². The third-order valence-corrected chi connectivity index (χ3v) is 3.43. The Balaban J connectivity index is 2.86. The van der Waals surface area contributed by atoms with Crippen molar-refractivity contribution in [2.75, 3.05) is 13.2 Å². The van der Waals surface area contributed by atoms with Crippen molar-refractivity contribution in [2.24, 2.45) is 5.73 Å².